The molecule has 0 bridgehead atoms. The Morgan fingerprint density at radius 2 is 1.21 bits per heavy atom. The molecule has 2 aromatic rings. The van der Waals surface area contributed by atoms with Gasteiger partial charge in [0.25, 0.3) is 0 Å². The first kappa shape index (κ1) is 17.6. The normalized spacial score (nSPS) is 9.88. The van der Waals surface area contributed by atoms with Gasteiger partial charge in [0.05, 0.1) is 0 Å². The maximum absolute atomic E-state index is 12.0. The largest absolute Gasteiger partial charge is 0.444 e. The molecule has 7 heteroatoms. The molecule has 1 N–H and O–H groups in total. The van der Waals surface area contributed by atoms with E-state index >= 15 is 0 Å². The number of amides is 2. The van der Waals surface area contributed by atoms with E-state index in [-0.39, 0.29) is 13.2 Å². The molecule has 2 amide bonds. The second kappa shape index (κ2) is 8.73. The van der Waals surface area contributed by atoms with Gasteiger partial charge in [-0.1, -0.05) is 60.7 Å². The zero-order chi connectivity index (χ0) is 17.4. The van der Waals surface area contributed by atoms with Crippen molar-refractivity contribution >= 4 is 30.0 Å². The van der Waals surface area contributed by atoms with Gasteiger partial charge in [-0.15, -0.1) is 12.6 Å². The molecule has 0 aliphatic rings. The Kier molecular flexibility index (Phi) is 6.39. The predicted molar refractivity (Wildman–Crippen MR) is 91.8 cm³/mol. The number of thiol groups is 1. The molecule has 0 saturated carbocycles. The molecular formula is C17H16N2O4S. The Morgan fingerprint density at radius 1 is 0.833 bits per heavy atom. The molecule has 24 heavy (non-hydrogen) atoms. The minimum absolute atomic E-state index is 0.0246. The Morgan fingerprint density at radius 3 is 1.54 bits per heavy atom. The monoisotopic (exact) mass is 344 g/mol. The van der Waals surface area contributed by atoms with Crippen molar-refractivity contribution in [3.8, 4) is 0 Å². The zero-order valence-electron chi connectivity index (χ0n) is 12.7. The van der Waals surface area contributed by atoms with Crippen LogP contribution in [-0.4, -0.2) is 22.3 Å². The second-order valence-corrected chi connectivity index (χ2v) is 5.16. The highest BCUT2D eigenvalue weighted by atomic mass is 32.1. The van der Waals surface area contributed by atoms with E-state index in [9.17, 15) is 9.59 Å². The molecule has 0 unspecified atom stereocenters. The van der Waals surface area contributed by atoms with Crippen molar-refractivity contribution in [2.75, 3.05) is 0 Å². The number of carbonyl (C=O) groups is 2. The third-order valence-electron chi connectivity index (χ3n) is 2.99. The van der Waals surface area contributed by atoms with Crippen molar-refractivity contribution in [1.82, 2.24) is 4.90 Å². The van der Waals surface area contributed by atoms with Crippen LogP contribution in [0.3, 0.4) is 0 Å². The first-order valence-electron chi connectivity index (χ1n) is 7.07. The third-order valence-corrected chi connectivity index (χ3v) is 3.19. The summed E-state index contributed by atoms with van der Waals surface area (Å²) in [7, 11) is 0. The smallest absolute Gasteiger partial charge is 0.426 e. The lowest BCUT2D eigenvalue weighted by molar-refractivity contribution is 0.0898. The van der Waals surface area contributed by atoms with Crippen LogP contribution >= 0.6 is 12.6 Å². The molecule has 2 aromatic carbocycles. The fraction of sp³-hybridized carbons (Fsp3) is 0.118. The molecule has 0 atom stereocenters. The average molecular weight is 344 g/mol. The minimum atomic E-state index is -1.02. The second-order valence-electron chi connectivity index (χ2n) is 4.74. The molecule has 124 valence electrons. The van der Waals surface area contributed by atoms with Crippen LogP contribution in [0.1, 0.15) is 11.1 Å². The molecular weight excluding hydrogens is 328 g/mol. The van der Waals surface area contributed by atoms with Gasteiger partial charge in [0.1, 0.15) is 13.2 Å². The lowest BCUT2D eigenvalue weighted by Crippen LogP contribution is -2.39. The molecule has 0 aliphatic heterocycles. The zero-order valence-corrected chi connectivity index (χ0v) is 13.6. The number of amidine groups is 1. The van der Waals surface area contributed by atoms with E-state index in [0.29, 0.717) is 4.90 Å². The first-order valence-corrected chi connectivity index (χ1v) is 7.51. The summed E-state index contributed by atoms with van der Waals surface area (Å²) in [5, 5.41) is 6.89. The number of hydrogen-bond donors (Lipinski definition) is 2. The van der Waals surface area contributed by atoms with Crippen LogP contribution in [0.25, 0.3) is 0 Å². The van der Waals surface area contributed by atoms with E-state index in [4.69, 9.17) is 14.9 Å². The molecule has 0 heterocycles. The summed E-state index contributed by atoms with van der Waals surface area (Å²) >= 11 is 3.74. The van der Waals surface area contributed by atoms with Crippen molar-refractivity contribution in [2.45, 2.75) is 13.2 Å². The van der Waals surface area contributed by atoms with Crippen LogP contribution in [0.5, 0.6) is 0 Å². The SMILES string of the molecule is N=C(S)N(C(=O)OCc1ccccc1)C(=O)OCc1ccccc1. The number of nitrogens with one attached hydrogen (secondary N) is 1. The van der Waals surface area contributed by atoms with Gasteiger partial charge < -0.3 is 9.47 Å². The standard InChI is InChI=1S/C17H16N2O4S/c18-15(24)19(16(20)22-11-13-7-3-1-4-8-13)17(21)23-12-14-9-5-2-6-10-14/h1-10H,11-12H2,(H2,18,24). The topological polar surface area (TPSA) is 79.7 Å². The van der Waals surface area contributed by atoms with Gasteiger partial charge in [-0.2, -0.15) is 4.90 Å². The lowest BCUT2D eigenvalue weighted by Gasteiger charge is -2.18. The van der Waals surface area contributed by atoms with Gasteiger partial charge in [-0.05, 0) is 11.1 Å². The Balaban J connectivity index is 1.93. The molecule has 0 aliphatic carbocycles. The fourth-order valence-electron chi connectivity index (χ4n) is 1.82. The lowest BCUT2D eigenvalue weighted by atomic mass is 10.2. The van der Waals surface area contributed by atoms with Gasteiger partial charge in [0.2, 0.25) is 0 Å². The number of ether oxygens (including phenoxy) is 2. The number of carbonyl (C=O) groups excluding carboxylic acids is 2. The van der Waals surface area contributed by atoms with Crippen molar-refractivity contribution in [3.63, 3.8) is 0 Å². The fourth-order valence-corrected chi connectivity index (χ4v) is 1.98. The molecule has 0 radical (unpaired) electrons. The maximum Gasteiger partial charge on any atom is 0.426 e. The highest BCUT2D eigenvalue weighted by Crippen LogP contribution is 2.09. The average Bonchev–Trinajstić information content (AvgIpc) is 2.60. The van der Waals surface area contributed by atoms with Crippen molar-refractivity contribution in [3.05, 3.63) is 71.8 Å². The van der Waals surface area contributed by atoms with Crippen LogP contribution < -0.4 is 0 Å². The molecule has 0 aromatic heterocycles. The Hall–Kier alpha value is -2.80. The molecule has 0 fully saturated rings. The molecule has 0 spiro atoms. The van der Waals surface area contributed by atoms with Gasteiger partial charge >= 0.3 is 12.2 Å². The summed E-state index contributed by atoms with van der Waals surface area (Å²) in [5.74, 6) is 0. The Labute approximate surface area is 144 Å². The van der Waals surface area contributed by atoms with Crippen LogP contribution in [0, 0.1) is 5.41 Å². The number of benzene rings is 2. The van der Waals surface area contributed by atoms with E-state index < -0.39 is 17.4 Å². The summed E-state index contributed by atoms with van der Waals surface area (Å²) in [6.45, 7) is -0.0492. The minimum Gasteiger partial charge on any atom is -0.444 e. The van der Waals surface area contributed by atoms with E-state index in [1.165, 1.54) is 0 Å². The quantitative estimate of drug-likeness (QED) is 0.502. The van der Waals surface area contributed by atoms with Crippen molar-refractivity contribution < 1.29 is 19.1 Å². The van der Waals surface area contributed by atoms with Crippen LogP contribution in [0.2, 0.25) is 0 Å². The highest BCUT2D eigenvalue weighted by Gasteiger charge is 2.27. The number of rotatable bonds is 4. The van der Waals surface area contributed by atoms with Crippen LogP contribution in [0.4, 0.5) is 9.59 Å². The predicted octanol–water partition coefficient (Wildman–Crippen LogP) is 3.83. The summed E-state index contributed by atoms with van der Waals surface area (Å²) in [4.78, 5) is 24.5. The summed E-state index contributed by atoms with van der Waals surface area (Å²) in [6.07, 6.45) is -2.03. The summed E-state index contributed by atoms with van der Waals surface area (Å²) in [6, 6.07) is 18.0. The van der Waals surface area contributed by atoms with E-state index in [2.05, 4.69) is 12.6 Å². The highest BCUT2D eigenvalue weighted by molar-refractivity contribution is 7.96. The van der Waals surface area contributed by atoms with Crippen molar-refractivity contribution in [1.29, 1.82) is 5.41 Å². The van der Waals surface area contributed by atoms with E-state index in [1.807, 2.05) is 12.1 Å². The van der Waals surface area contributed by atoms with Crippen LogP contribution in [0.15, 0.2) is 60.7 Å². The number of hydrogen-bond acceptors (Lipinski definition) is 5. The van der Waals surface area contributed by atoms with Crippen LogP contribution in [-0.2, 0) is 22.7 Å². The molecule has 2 rings (SSSR count). The number of imide groups is 1. The number of nitrogens with zero attached hydrogens (tertiary/aromatic N) is 1. The van der Waals surface area contributed by atoms with E-state index in [1.54, 1.807) is 48.5 Å². The summed E-state index contributed by atoms with van der Waals surface area (Å²) in [5.41, 5.74) is 1.52. The Bertz CT molecular complexity index is 652. The van der Waals surface area contributed by atoms with Gasteiger partial charge in [0.15, 0.2) is 5.17 Å². The first-order chi connectivity index (χ1) is 11.6. The summed E-state index contributed by atoms with van der Waals surface area (Å²) < 4.78 is 10.0. The van der Waals surface area contributed by atoms with Gasteiger partial charge in [-0.25, -0.2) is 9.59 Å². The molecule has 6 nitrogen and oxygen atoms in total. The third kappa shape index (κ3) is 5.13. The van der Waals surface area contributed by atoms with E-state index in [0.717, 1.165) is 11.1 Å². The van der Waals surface area contributed by atoms with Gasteiger partial charge in [-0.3, -0.25) is 5.41 Å². The van der Waals surface area contributed by atoms with Crippen molar-refractivity contribution in [2.24, 2.45) is 0 Å². The molecule has 0 saturated heterocycles. The van der Waals surface area contributed by atoms with Gasteiger partial charge in [0, 0.05) is 0 Å². The maximum atomic E-state index is 12.0.